The van der Waals surface area contributed by atoms with E-state index >= 15 is 0 Å². The minimum atomic E-state index is -0.578. The quantitative estimate of drug-likeness (QED) is 0.837. The smallest absolute Gasteiger partial charge is 0.412 e. The number of ether oxygens (including phenoxy) is 2. The Morgan fingerprint density at radius 1 is 1.24 bits per heavy atom. The van der Waals surface area contributed by atoms with Gasteiger partial charge in [0.25, 0.3) is 5.91 Å². The molecule has 6 heteroatoms. The highest BCUT2D eigenvalue weighted by Gasteiger charge is 2.17. The molecule has 0 aliphatic heterocycles. The lowest BCUT2D eigenvalue weighted by atomic mass is 10.1. The molecule has 1 rings (SSSR count). The van der Waals surface area contributed by atoms with Crippen molar-refractivity contribution in [2.45, 2.75) is 33.3 Å². The summed E-state index contributed by atoms with van der Waals surface area (Å²) in [5, 5.41) is 5.23. The number of hydrogen-bond donors (Lipinski definition) is 2. The van der Waals surface area contributed by atoms with E-state index in [4.69, 9.17) is 9.47 Å². The van der Waals surface area contributed by atoms with Crippen molar-refractivity contribution in [3.63, 3.8) is 0 Å². The molecule has 0 aliphatic rings. The second-order valence-corrected chi connectivity index (χ2v) is 5.60. The number of hydrogen-bond acceptors (Lipinski definition) is 4. The molecular formula is C15H22N2O4. The minimum Gasteiger partial charge on any atom is -0.444 e. The van der Waals surface area contributed by atoms with E-state index in [9.17, 15) is 9.59 Å². The molecule has 0 fully saturated rings. The molecule has 0 aromatic heterocycles. The number of nitrogens with one attached hydrogen (secondary N) is 2. The number of carbonyl (C=O) groups excluding carboxylic acids is 2. The van der Waals surface area contributed by atoms with Crippen molar-refractivity contribution < 1.29 is 19.1 Å². The first-order chi connectivity index (χ1) is 9.73. The molecule has 0 unspecified atom stereocenters. The van der Waals surface area contributed by atoms with Crippen molar-refractivity contribution in [3.8, 4) is 0 Å². The van der Waals surface area contributed by atoms with Crippen molar-refractivity contribution in [1.82, 2.24) is 5.32 Å². The molecule has 0 radical (unpaired) electrons. The van der Waals surface area contributed by atoms with Crippen LogP contribution >= 0.6 is 0 Å². The maximum atomic E-state index is 11.8. The number of rotatable bonds is 4. The Kier molecular flexibility index (Phi) is 5.72. The van der Waals surface area contributed by atoms with Gasteiger partial charge in [-0.3, -0.25) is 10.1 Å². The van der Waals surface area contributed by atoms with Crippen LogP contribution in [-0.4, -0.2) is 31.4 Å². The van der Waals surface area contributed by atoms with Gasteiger partial charge >= 0.3 is 6.09 Å². The summed E-state index contributed by atoms with van der Waals surface area (Å²) in [6.07, 6.45) is -0.556. The van der Waals surface area contributed by atoms with E-state index in [0.29, 0.717) is 11.3 Å². The van der Waals surface area contributed by atoms with E-state index in [2.05, 4.69) is 10.6 Å². The first-order valence-corrected chi connectivity index (χ1v) is 6.61. The summed E-state index contributed by atoms with van der Waals surface area (Å²) in [6, 6.07) is 5.04. The van der Waals surface area contributed by atoms with Gasteiger partial charge in [0.15, 0.2) is 0 Å². The molecular weight excluding hydrogens is 272 g/mol. The minimum absolute atomic E-state index is 0.127. The number of methoxy groups -OCH3 is 1. The monoisotopic (exact) mass is 294 g/mol. The van der Waals surface area contributed by atoms with Gasteiger partial charge < -0.3 is 14.8 Å². The standard InChI is InChI=1S/C15H22N2O4/c1-10-6-7-11(13(18)16-9-20-5)8-12(10)17-14(19)21-15(2,3)4/h6-8H,9H2,1-5H3,(H,16,18)(H,17,19). The summed E-state index contributed by atoms with van der Waals surface area (Å²) < 4.78 is 9.98. The molecule has 0 heterocycles. The Morgan fingerprint density at radius 2 is 1.90 bits per heavy atom. The molecule has 0 bridgehead atoms. The van der Waals surface area contributed by atoms with Crippen LogP contribution in [-0.2, 0) is 9.47 Å². The number of aryl methyl sites for hydroxylation is 1. The van der Waals surface area contributed by atoms with Crippen LogP contribution in [0.5, 0.6) is 0 Å². The van der Waals surface area contributed by atoms with Crippen molar-refractivity contribution >= 4 is 17.7 Å². The molecule has 0 saturated heterocycles. The van der Waals surface area contributed by atoms with Gasteiger partial charge in [-0.25, -0.2) is 4.79 Å². The van der Waals surface area contributed by atoms with Crippen LogP contribution in [0.2, 0.25) is 0 Å². The third-order valence-corrected chi connectivity index (χ3v) is 2.51. The van der Waals surface area contributed by atoms with E-state index in [1.807, 2.05) is 6.92 Å². The lowest BCUT2D eigenvalue weighted by Crippen LogP contribution is -2.28. The Bertz CT molecular complexity index is 521. The average Bonchev–Trinajstić information content (AvgIpc) is 2.36. The molecule has 2 amide bonds. The predicted molar refractivity (Wildman–Crippen MR) is 80.4 cm³/mol. The highest BCUT2D eigenvalue weighted by Crippen LogP contribution is 2.18. The molecule has 1 aromatic rings. The fraction of sp³-hybridized carbons (Fsp3) is 0.467. The Labute approximate surface area is 124 Å². The molecule has 0 spiro atoms. The van der Waals surface area contributed by atoms with Gasteiger partial charge in [-0.05, 0) is 45.4 Å². The van der Waals surface area contributed by atoms with Crippen LogP contribution in [0.3, 0.4) is 0 Å². The Morgan fingerprint density at radius 3 is 2.48 bits per heavy atom. The maximum Gasteiger partial charge on any atom is 0.412 e. The number of anilines is 1. The van der Waals surface area contributed by atoms with E-state index in [1.165, 1.54) is 7.11 Å². The van der Waals surface area contributed by atoms with Crippen LogP contribution in [0.4, 0.5) is 10.5 Å². The van der Waals surface area contributed by atoms with Crippen molar-refractivity contribution in [2.75, 3.05) is 19.2 Å². The molecule has 0 atom stereocenters. The molecule has 2 N–H and O–H groups in total. The van der Waals surface area contributed by atoms with Gasteiger partial charge in [0.05, 0.1) is 0 Å². The van der Waals surface area contributed by atoms with Crippen LogP contribution in [0.1, 0.15) is 36.7 Å². The number of carbonyl (C=O) groups is 2. The first-order valence-electron chi connectivity index (χ1n) is 6.61. The van der Waals surface area contributed by atoms with Gasteiger partial charge in [0.2, 0.25) is 0 Å². The molecule has 6 nitrogen and oxygen atoms in total. The number of benzene rings is 1. The van der Waals surface area contributed by atoms with Crippen LogP contribution in [0.25, 0.3) is 0 Å². The third-order valence-electron chi connectivity index (χ3n) is 2.51. The van der Waals surface area contributed by atoms with E-state index in [0.717, 1.165) is 5.56 Å². The van der Waals surface area contributed by atoms with Crippen LogP contribution < -0.4 is 10.6 Å². The largest absolute Gasteiger partial charge is 0.444 e. The average molecular weight is 294 g/mol. The Hall–Kier alpha value is -2.08. The lowest BCUT2D eigenvalue weighted by Gasteiger charge is -2.20. The second kappa shape index (κ2) is 7.08. The van der Waals surface area contributed by atoms with Gasteiger partial charge in [-0.2, -0.15) is 0 Å². The lowest BCUT2D eigenvalue weighted by molar-refractivity contribution is 0.0635. The number of amides is 2. The zero-order chi connectivity index (χ0) is 16.0. The normalized spacial score (nSPS) is 10.9. The van der Waals surface area contributed by atoms with Gasteiger partial charge in [0, 0.05) is 18.4 Å². The zero-order valence-electron chi connectivity index (χ0n) is 13.1. The van der Waals surface area contributed by atoms with Crippen molar-refractivity contribution in [3.05, 3.63) is 29.3 Å². The molecule has 116 valence electrons. The van der Waals surface area contributed by atoms with Gasteiger partial charge in [0.1, 0.15) is 12.3 Å². The van der Waals surface area contributed by atoms with Gasteiger partial charge in [-0.1, -0.05) is 6.07 Å². The zero-order valence-corrected chi connectivity index (χ0v) is 13.1. The first kappa shape index (κ1) is 17.0. The van der Waals surface area contributed by atoms with Crippen LogP contribution in [0, 0.1) is 6.92 Å². The predicted octanol–water partition coefficient (Wildman–Crippen LogP) is 2.68. The Balaban J connectivity index is 2.83. The summed E-state index contributed by atoms with van der Waals surface area (Å²) in [7, 11) is 1.49. The van der Waals surface area contributed by atoms with E-state index < -0.39 is 11.7 Å². The van der Waals surface area contributed by atoms with E-state index in [1.54, 1.807) is 39.0 Å². The van der Waals surface area contributed by atoms with Gasteiger partial charge in [-0.15, -0.1) is 0 Å². The highest BCUT2D eigenvalue weighted by molar-refractivity contribution is 5.96. The summed E-state index contributed by atoms with van der Waals surface area (Å²) in [6.45, 7) is 7.32. The summed E-state index contributed by atoms with van der Waals surface area (Å²) >= 11 is 0. The molecule has 21 heavy (non-hydrogen) atoms. The van der Waals surface area contributed by atoms with Crippen molar-refractivity contribution in [2.24, 2.45) is 0 Å². The summed E-state index contributed by atoms with van der Waals surface area (Å²) in [4.78, 5) is 23.6. The fourth-order valence-corrected chi connectivity index (χ4v) is 1.55. The maximum absolute atomic E-state index is 11.8. The fourth-order valence-electron chi connectivity index (χ4n) is 1.55. The molecule has 0 aliphatic carbocycles. The summed E-state index contributed by atoms with van der Waals surface area (Å²) in [5.74, 6) is -0.274. The topological polar surface area (TPSA) is 76.7 Å². The van der Waals surface area contributed by atoms with E-state index in [-0.39, 0.29) is 12.6 Å². The molecule has 0 saturated carbocycles. The second-order valence-electron chi connectivity index (χ2n) is 5.60. The highest BCUT2D eigenvalue weighted by atomic mass is 16.6. The van der Waals surface area contributed by atoms with Crippen LogP contribution in [0.15, 0.2) is 18.2 Å². The van der Waals surface area contributed by atoms with Crippen molar-refractivity contribution in [1.29, 1.82) is 0 Å². The third kappa shape index (κ3) is 5.83. The summed E-state index contributed by atoms with van der Waals surface area (Å²) in [5.41, 5.74) is 1.23. The molecule has 1 aromatic carbocycles. The SMILES string of the molecule is COCNC(=O)c1ccc(C)c(NC(=O)OC(C)(C)C)c1.